The Kier molecular flexibility index (Phi) is 9.70. The van der Waals surface area contributed by atoms with Crippen LogP contribution in [0.4, 0.5) is 0 Å². The third-order valence-corrected chi connectivity index (χ3v) is 10.8. The van der Waals surface area contributed by atoms with E-state index in [2.05, 4.69) is 158 Å². The summed E-state index contributed by atoms with van der Waals surface area (Å²) in [5.41, 5.74) is 18.3. The van der Waals surface area contributed by atoms with E-state index in [1.54, 1.807) is 11.1 Å². The lowest BCUT2D eigenvalue weighted by Crippen LogP contribution is -1.93. The first-order chi connectivity index (χ1) is 24.7. The summed E-state index contributed by atoms with van der Waals surface area (Å²) in [6, 6.07) is 54.0. The summed E-state index contributed by atoms with van der Waals surface area (Å²) in [5.74, 6) is 0. The smallest absolute Gasteiger partial charge is 0.0184 e. The van der Waals surface area contributed by atoms with Gasteiger partial charge in [0.25, 0.3) is 0 Å². The van der Waals surface area contributed by atoms with E-state index in [0.717, 1.165) is 0 Å². The quantitative estimate of drug-likeness (QED) is 0.162. The average molecular weight is 647 g/mol. The number of benzene rings is 6. The Labute approximate surface area is 298 Å². The van der Waals surface area contributed by atoms with Crippen LogP contribution in [-0.4, -0.2) is 0 Å². The van der Waals surface area contributed by atoms with E-state index in [1.165, 1.54) is 131 Å². The molecule has 2 aliphatic carbocycles. The number of hydrogen-bond donors (Lipinski definition) is 0. The molecule has 2 fully saturated rings. The largest absolute Gasteiger partial charge is 0.0696 e. The van der Waals surface area contributed by atoms with Crippen LogP contribution in [0.3, 0.4) is 0 Å². The fourth-order valence-corrected chi connectivity index (χ4v) is 7.74. The highest BCUT2D eigenvalue weighted by atomic mass is 14.1. The summed E-state index contributed by atoms with van der Waals surface area (Å²) >= 11 is 0. The molecule has 0 aromatic heterocycles. The molecule has 8 rings (SSSR count). The molecule has 0 spiro atoms. The van der Waals surface area contributed by atoms with Crippen molar-refractivity contribution in [3.63, 3.8) is 0 Å². The number of hydrogen-bond acceptors (Lipinski definition) is 0. The van der Waals surface area contributed by atoms with E-state index in [4.69, 9.17) is 0 Å². The van der Waals surface area contributed by atoms with E-state index in [0.29, 0.717) is 0 Å². The molecular formula is C50H46. The van der Waals surface area contributed by atoms with Crippen molar-refractivity contribution in [2.45, 2.75) is 64.2 Å². The van der Waals surface area contributed by atoms with Crippen molar-refractivity contribution in [2.24, 2.45) is 0 Å². The van der Waals surface area contributed by atoms with Gasteiger partial charge >= 0.3 is 0 Å². The minimum atomic E-state index is 1.23. The van der Waals surface area contributed by atoms with Gasteiger partial charge in [-0.25, -0.2) is 0 Å². The molecule has 0 aliphatic heterocycles. The van der Waals surface area contributed by atoms with Crippen LogP contribution in [0.2, 0.25) is 0 Å². The number of allylic oxidation sites excluding steroid dienone is 2. The van der Waals surface area contributed by atoms with Gasteiger partial charge in [-0.15, -0.1) is 0 Å². The minimum Gasteiger partial charge on any atom is -0.0696 e. The van der Waals surface area contributed by atoms with Crippen LogP contribution in [0.1, 0.15) is 75.3 Å². The van der Waals surface area contributed by atoms with E-state index >= 15 is 0 Å². The van der Waals surface area contributed by atoms with Gasteiger partial charge in [-0.2, -0.15) is 0 Å². The van der Waals surface area contributed by atoms with Crippen LogP contribution in [0.25, 0.3) is 67.8 Å². The number of rotatable bonds is 7. The first kappa shape index (κ1) is 32.0. The Morgan fingerprint density at radius 3 is 0.600 bits per heavy atom. The molecule has 50 heavy (non-hydrogen) atoms. The molecule has 6 aromatic carbocycles. The Hall–Kier alpha value is -5.20. The summed E-state index contributed by atoms with van der Waals surface area (Å²) in [7, 11) is 0. The Morgan fingerprint density at radius 2 is 0.400 bits per heavy atom. The third-order valence-electron chi connectivity index (χ3n) is 10.8. The van der Waals surface area contributed by atoms with E-state index in [-0.39, 0.29) is 0 Å². The van der Waals surface area contributed by atoms with Crippen molar-refractivity contribution in [1.82, 2.24) is 0 Å². The monoisotopic (exact) mass is 646 g/mol. The maximum Gasteiger partial charge on any atom is -0.0184 e. The summed E-state index contributed by atoms with van der Waals surface area (Å²) in [6.45, 7) is 0. The van der Waals surface area contributed by atoms with E-state index < -0.39 is 0 Å². The normalized spacial score (nSPS) is 14.7. The lowest BCUT2D eigenvalue weighted by molar-refractivity contribution is 0.602. The molecule has 2 aliphatic rings. The molecule has 0 unspecified atom stereocenters. The van der Waals surface area contributed by atoms with Crippen LogP contribution in [0.5, 0.6) is 0 Å². The fourth-order valence-electron chi connectivity index (χ4n) is 7.74. The second-order valence-electron chi connectivity index (χ2n) is 14.3. The van der Waals surface area contributed by atoms with E-state index in [9.17, 15) is 0 Å². The van der Waals surface area contributed by atoms with Gasteiger partial charge in [0.2, 0.25) is 0 Å². The molecule has 246 valence electrons. The topological polar surface area (TPSA) is 0 Å². The molecule has 0 N–H and O–H groups in total. The second kappa shape index (κ2) is 15.1. The van der Waals surface area contributed by atoms with Crippen molar-refractivity contribution >= 4 is 12.2 Å². The van der Waals surface area contributed by atoms with Crippen molar-refractivity contribution in [1.29, 1.82) is 0 Å². The Morgan fingerprint density at radius 1 is 0.220 bits per heavy atom. The van der Waals surface area contributed by atoms with Crippen molar-refractivity contribution in [2.75, 3.05) is 0 Å². The van der Waals surface area contributed by atoms with Gasteiger partial charge in [0.15, 0.2) is 0 Å². The van der Waals surface area contributed by atoms with Gasteiger partial charge in [-0.3, -0.25) is 0 Å². The van der Waals surface area contributed by atoms with Crippen LogP contribution in [0.15, 0.2) is 157 Å². The van der Waals surface area contributed by atoms with Crippen LogP contribution in [0, 0.1) is 0 Å². The maximum atomic E-state index is 2.40. The summed E-state index contributed by atoms with van der Waals surface area (Å²) < 4.78 is 0. The Balaban J connectivity index is 0.892. The van der Waals surface area contributed by atoms with Gasteiger partial charge < -0.3 is 0 Å². The summed E-state index contributed by atoms with van der Waals surface area (Å²) in [5, 5.41) is 0. The van der Waals surface area contributed by atoms with Crippen molar-refractivity contribution < 1.29 is 0 Å². The predicted molar refractivity (Wildman–Crippen MR) is 216 cm³/mol. The first-order valence-electron chi connectivity index (χ1n) is 18.7. The zero-order chi connectivity index (χ0) is 33.5. The molecule has 0 nitrogen and oxygen atoms in total. The lowest BCUT2D eigenvalue weighted by atomic mass is 9.93. The standard InChI is InChI=1S/C50H46/c1-3-7-37(8-4-1)35-39-11-15-41(16-12-39)43-19-23-45(24-20-43)47-27-31-49(32-28-47)50-33-29-48(30-34-50)46-25-21-44(22-26-46)42-17-13-40(14-18-42)36-38-9-5-2-6-10-38/h11-36H,1-10H2. The second-order valence-corrected chi connectivity index (χ2v) is 14.3. The third kappa shape index (κ3) is 7.66. The molecule has 0 atom stereocenters. The first-order valence-corrected chi connectivity index (χ1v) is 18.7. The van der Waals surface area contributed by atoms with Gasteiger partial charge in [-0.1, -0.05) is 182 Å². The van der Waals surface area contributed by atoms with Gasteiger partial charge in [0.05, 0.1) is 0 Å². The van der Waals surface area contributed by atoms with Crippen LogP contribution >= 0.6 is 0 Å². The van der Waals surface area contributed by atoms with Gasteiger partial charge in [0.1, 0.15) is 0 Å². The summed E-state index contributed by atoms with van der Waals surface area (Å²) in [4.78, 5) is 0. The molecular weight excluding hydrogens is 601 g/mol. The molecule has 0 amide bonds. The van der Waals surface area contributed by atoms with Crippen molar-refractivity contribution in [3.05, 3.63) is 168 Å². The molecule has 0 bridgehead atoms. The maximum absolute atomic E-state index is 2.40. The lowest BCUT2D eigenvalue weighted by Gasteiger charge is -2.13. The van der Waals surface area contributed by atoms with Gasteiger partial charge in [-0.05, 0) is 118 Å². The predicted octanol–water partition coefficient (Wildman–Crippen LogP) is 14.7. The van der Waals surface area contributed by atoms with Crippen molar-refractivity contribution in [3.8, 4) is 55.6 Å². The zero-order valence-corrected chi connectivity index (χ0v) is 29.1. The zero-order valence-electron chi connectivity index (χ0n) is 29.1. The molecule has 6 aromatic rings. The molecule has 0 saturated heterocycles. The highest BCUT2D eigenvalue weighted by Crippen LogP contribution is 2.32. The highest BCUT2D eigenvalue weighted by molar-refractivity contribution is 5.76. The molecule has 0 radical (unpaired) electrons. The SMILES string of the molecule is C(=C1CCCCC1)c1ccc(-c2ccc(-c3ccc(-c4ccc(-c5ccc(-c6ccc(C=C7CCCCC7)cc6)cc5)cc4)cc3)cc2)cc1. The van der Waals surface area contributed by atoms with Gasteiger partial charge in [0, 0.05) is 0 Å². The van der Waals surface area contributed by atoms with Crippen LogP contribution in [-0.2, 0) is 0 Å². The van der Waals surface area contributed by atoms with Crippen LogP contribution < -0.4 is 0 Å². The summed E-state index contributed by atoms with van der Waals surface area (Å²) in [6.07, 6.45) is 18.0. The highest BCUT2D eigenvalue weighted by Gasteiger charge is 2.08. The molecule has 2 saturated carbocycles. The van der Waals surface area contributed by atoms with E-state index in [1.807, 2.05) is 0 Å². The minimum absolute atomic E-state index is 1.23. The average Bonchev–Trinajstić information content (AvgIpc) is 3.20. The molecule has 0 heterocycles. The fraction of sp³-hybridized carbons (Fsp3) is 0.200. The Bertz CT molecular complexity index is 1900. The molecule has 0 heteroatoms.